The van der Waals surface area contributed by atoms with Crippen LogP contribution in [0.25, 0.3) is 0 Å². The molecule has 0 aliphatic carbocycles. The van der Waals surface area contributed by atoms with Gasteiger partial charge in [-0.1, -0.05) is 17.7 Å². The van der Waals surface area contributed by atoms with Crippen molar-refractivity contribution in [2.45, 2.75) is 12.0 Å². The normalized spacial score (nSPS) is 14.0. The molecule has 3 N–H and O–H groups in total. The zero-order chi connectivity index (χ0) is 15.6. The largest absolute Gasteiger partial charge is 0.388 e. The van der Waals surface area contributed by atoms with Gasteiger partial charge >= 0.3 is 0 Å². The van der Waals surface area contributed by atoms with Crippen molar-refractivity contribution in [1.82, 2.24) is 0 Å². The van der Waals surface area contributed by atoms with Gasteiger partial charge in [-0.25, -0.2) is 8.78 Å². The Bertz CT molecular complexity index is 633. The average Bonchev–Trinajstić information content (AvgIpc) is 2.41. The van der Waals surface area contributed by atoms with Crippen LogP contribution in [0.1, 0.15) is 23.1 Å². The first kappa shape index (κ1) is 16.4. The lowest BCUT2D eigenvalue weighted by atomic mass is 9.89. The molecular weight excluding hydrogens is 364 g/mol. The minimum Gasteiger partial charge on any atom is -0.388 e. The van der Waals surface area contributed by atoms with E-state index in [2.05, 4.69) is 15.9 Å². The summed E-state index contributed by atoms with van der Waals surface area (Å²) in [4.78, 5) is 0. The summed E-state index contributed by atoms with van der Waals surface area (Å²) < 4.78 is 27.3. The maximum atomic E-state index is 13.3. The van der Waals surface area contributed by atoms with Crippen LogP contribution in [0.15, 0.2) is 40.9 Å². The van der Waals surface area contributed by atoms with Crippen LogP contribution in [0, 0.1) is 11.6 Å². The molecule has 0 heterocycles. The second-order valence-electron chi connectivity index (χ2n) is 4.66. The summed E-state index contributed by atoms with van der Waals surface area (Å²) in [5.74, 6) is -2.04. The van der Waals surface area contributed by atoms with Gasteiger partial charge in [0.15, 0.2) is 0 Å². The molecule has 0 aliphatic rings. The van der Waals surface area contributed by atoms with Gasteiger partial charge < -0.3 is 10.8 Å². The zero-order valence-electron chi connectivity index (χ0n) is 10.9. The predicted molar refractivity (Wildman–Crippen MR) is 82.3 cm³/mol. The number of aliphatic hydroxyl groups is 1. The van der Waals surface area contributed by atoms with E-state index in [0.717, 1.165) is 6.07 Å². The SMILES string of the molecule is NCC(c1cc(F)cc(F)c1)C(O)c1ccc(Br)c(Cl)c1. The van der Waals surface area contributed by atoms with Gasteiger partial charge in [0.1, 0.15) is 11.6 Å². The lowest BCUT2D eigenvalue weighted by Crippen LogP contribution is -2.20. The molecule has 21 heavy (non-hydrogen) atoms. The van der Waals surface area contributed by atoms with Crippen molar-refractivity contribution in [3.8, 4) is 0 Å². The number of aliphatic hydroxyl groups excluding tert-OH is 1. The van der Waals surface area contributed by atoms with Crippen molar-refractivity contribution in [2.24, 2.45) is 5.73 Å². The Balaban J connectivity index is 2.37. The number of nitrogens with two attached hydrogens (primary N) is 1. The fourth-order valence-corrected chi connectivity index (χ4v) is 2.60. The zero-order valence-corrected chi connectivity index (χ0v) is 13.2. The van der Waals surface area contributed by atoms with Crippen LogP contribution in [0.5, 0.6) is 0 Å². The molecule has 2 atom stereocenters. The molecular formula is C15H13BrClF2NO. The molecule has 0 saturated carbocycles. The number of hydrogen-bond donors (Lipinski definition) is 2. The van der Waals surface area contributed by atoms with Gasteiger partial charge in [0.2, 0.25) is 0 Å². The highest BCUT2D eigenvalue weighted by Crippen LogP contribution is 2.34. The molecule has 112 valence electrons. The maximum absolute atomic E-state index is 13.3. The number of benzene rings is 2. The summed E-state index contributed by atoms with van der Waals surface area (Å²) in [6.45, 7) is 0.0394. The molecule has 0 fully saturated rings. The standard InChI is InChI=1S/C15H13BrClF2NO/c16-13-2-1-8(5-14(13)17)15(21)12(7-20)9-3-10(18)6-11(19)4-9/h1-6,12,15,21H,7,20H2. The third-order valence-corrected chi connectivity index (χ3v) is 4.47. The van der Waals surface area contributed by atoms with Crippen molar-refractivity contribution in [1.29, 1.82) is 0 Å². The van der Waals surface area contributed by atoms with Crippen molar-refractivity contribution in [3.63, 3.8) is 0 Å². The minimum atomic E-state index is -1.01. The van der Waals surface area contributed by atoms with Gasteiger partial charge in [-0.15, -0.1) is 0 Å². The molecule has 6 heteroatoms. The predicted octanol–water partition coefficient (Wildman–Crippen LogP) is 4.16. The Labute approximate surface area is 134 Å². The highest BCUT2D eigenvalue weighted by atomic mass is 79.9. The summed E-state index contributed by atoms with van der Waals surface area (Å²) in [5, 5.41) is 10.9. The van der Waals surface area contributed by atoms with E-state index in [-0.39, 0.29) is 6.54 Å². The molecule has 0 aliphatic heterocycles. The van der Waals surface area contributed by atoms with E-state index in [4.69, 9.17) is 17.3 Å². The first-order valence-corrected chi connectivity index (χ1v) is 7.38. The van der Waals surface area contributed by atoms with E-state index in [1.807, 2.05) is 0 Å². The van der Waals surface area contributed by atoms with Gasteiger partial charge in [0, 0.05) is 23.0 Å². The van der Waals surface area contributed by atoms with Crippen molar-refractivity contribution in [2.75, 3.05) is 6.54 Å². The Morgan fingerprint density at radius 3 is 2.24 bits per heavy atom. The van der Waals surface area contributed by atoms with E-state index >= 15 is 0 Å². The topological polar surface area (TPSA) is 46.2 Å². The smallest absolute Gasteiger partial charge is 0.126 e. The van der Waals surface area contributed by atoms with Crippen LogP contribution < -0.4 is 5.73 Å². The van der Waals surface area contributed by atoms with E-state index in [0.29, 0.717) is 20.6 Å². The quantitative estimate of drug-likeness (QED) is 0.842. The van der Waals surface area contributed by atoms with E-state index in [1.54, 1.807) is 18.2 Å². The van der Waals surface area contributed by atoms with Crippen LogP contribution in [-0.2, 0) is 0 Å². The van der Waals surface area contributed by atoms with Gasteiger partial charge in [0.05, 0.1) is 11.1 Å². The maximum Gasteiger partial charge on any atom is 0.126 e. The van der Waals surface area contributed by atoms with Crippen LogP contribution in [0.3, 0.4) is 0 Å². The molecule has 0 bridgehead atoms. The summed E-state index contributed by atoms with van der Waals surface area (Å²) >= 11 is 9.25. The average molecular weight is 377 g/mol. The van der Waals surface area contributed by atoms with E-state index in [9.17, 15) is 13.9 Å². The third kappa shape index (κ3) is 3.80. The second kappa shape index (κ2) is 6.83. The van der Waals surface area contributed by atoms with Crippen molar-refractivity contribution < 1.29 is 13.9 Å². The van der Waals surface area contributed by atoms with Gasteiger partial charge in [-0.05, 0) is 51.3 Å². The fourth-order valence-electron chi connectivity index (χ4n) is 2.17. The molecule has 0 radical (unpaired) electrons. The molecule has 2 nitrogen and oxygen atoms in total. The minimum absolute atomic E-state index is 0.0394. The Morgan fingerprint density at radius 1 is 1.10 bits per heavy atom. The Kier molecular flexibility index (Phi) is 5.32. The summed E-state index contributed by atoms with van der Waals surface area (Å²) in [7, 11) is 0. The molecule has 2 aromatic rings. The van der Waals surface area contributed by atoms with Gasteiger partial charge in [-0.2, -0.15) is 0 Å². The molecule has 0 saturated heterocycles. The summed E-state index contributed by atoms with van der Waals surface area (Å²) in [6.07, 6.45) is -1.01. The first-order chi connectivity index (χ1) is 9.92. The molecule has 2 unspecified atom stereocenters. The molecule has 0 spiro atoms. The number of rotatable bonds is 4. The van der Waals surface area contributed by atoms with Crippen LogP contribution in [0.4, 0.5) is 8.78 Å². The molecule has 2 rings (SSSR count). The summed E-state index contributed by atoms with van der Waals surface area (Å²) in [6, 6.07) is 8.09. The second-order valence-corrected chi connectivity index (χ2v) is 5.92. The molecule has 0 aromatic heterocycles. The Hall–Kier alpha value is -1.01. The molecule has 0 amide bonds. The van der Waals surface area contributed by atoms with Crippen LogP contribution >= 0.6 is 27.5 Å². The monoisotopic (exact) mass is 375 g/mol. The lowest BCUT2D eigenvalue weighted by molar-refractivity contribution is 0.147. The van der Waals surface area contributed by atoms with E-state index < -0.39 is 23.7 Å². The van der Waals surface area contributed by atoms with E-state index in [1.165, 1.54) is 12.1 Å². The van der Waals surface area contributed by atoms with Gasteiger partial charge in [0.25, 0.3) is 0 Å². The Morgan fingerprint density at radius 2 is 1.71 bits per heavy atom. The van der Waals surface area contributed by atoms with Gasteiger partial charge in [-0.3, -0.25) is 0 Å². The molecule has 2 aromatic carbocycles. The highest BCUT2D eigenvalue weighted by molar-refractivity contribution is 9.10. The van der Waals surface area contributed by atoms with Crippen LogP contribution in [-0.4, -0.2) is 11.7 Å². The lowest BCUT2D eigenvalue weighted by Gasteiger charge is -2.23. The van der Waals surface area contributed by atoms with Crippen molar-refractivity contribution >= 4 is 27.5 Å². The number of hydrogen-bond acceptors (Lipinski definition) is 2. The van der Waals surface area contributed by atoms with Crippen LogP contribution in [0.2, 0.25) is 5.02 Å². The third-order valence-electron chi connectivity index (χ3n) is 3.23. The highest BCUT2D eigenvalue weighted by Gasteiger charge is 2.23. The first-order valence-electron chi connectivity index (χ1n) is 6.21. The summed E-state index contributed by atoms with van der Waals surface area (Å²) in [5.41, 5.74) is 6.50. The van der Waals surface area contributed by atoms with Crippen molar-refractivity contribution in [3.05, 3.63) is 68.7 Å². The fraction of sp³-hybridized carbons (Fsp3) is 0.200. The number of halogens is 4.